The summed E-state index contributed by atoms with van der Waals surface area (Å²) in [5.41, 5.74) is 2.45. The highest BCUT2D eigenvalue weighted by Crippen LogP contribution is 2.24. The summed E-state index contributed by atoms with van der Waals surface area (Å²) in [5, 5.41) is 4.08. The second kappa shape index (κ2) is 8.45. The molecule has 4 aromatic rings. The van der Waals surface area contributed by atoms with Gasteiger partial charge in [-0.2, -0.15) is 4.98 Å². The van der Waals surface area contributed by atoms with Gasteiger partial charge in [0.05, 0.1) is 0 Å². The summed E-state index contributed by atoms with van der Waals surface area (Å²) >= 11 is 3.42. The molecule has 0 saturated carbocycles. The number of benzene rings is 2. The van der Waals surface area contributed by atoms with Gasteiger partial charge in [0.1, 0.15) is 12.2 Å². The number of anilines is 1. The third kappa shape index (κ3) is 4.14. The zero-order valence-corrected chi connectivity index (χ0v) is 17.4. The zero-order chi connectivity index (χ0) is 20.2. The van der Waals surface area contributed by atoms with Crippen LogP contribution in [0.5, 0.6) is 0 Å². The third-order valence-corrected chi connectivity index (χ3v) is 5.10. The van der Waals surface area contributed by atoms with Crippen LogP contribution in [0.25, 0.3) is 23.0 Å². The number of halogens is 1. The normalized spacial score (nSPS) is 10.8. The highest BCUT2D eigenvalue weighted by molar-refractivity contribution is 9.10. The van der Waals surface area contributed by atoms with Gasteiger partial charge in [0.25, 0.3) is 5.89 Å². The van der Waals surface area contributed by atoms with Gasteiger partial charge < -0.3 is 14.0 Å². The lowest BCUT2D eigenvalue weighted by atomic mass is 10.2. The number of carbonyl (C=O) groups excluding carboxylic acids is 1. The van der Waals surface area contributed by atoms with Crippen molar-refractivity contribution in [2.24, 2.45) is 0 Å². The van der Waals surface area contributed by atoms with Gasteiger partial charge in [0.15, 0.2) is 0 Å². The Morgan fingerprint density at radius 1 is 1.07 bits per heavy atom. The Morgan fingerprint density at radius 2 is 1.83 bits per heavy atom. The van der Waals surface area contributed by atoms with E-state index in [0.29, 0.717) is 24.0 Å². The van der Waals surface area contributed by atoms with Gasteiger partial charge in [-0.25, -0.2) is 0 Å². The molecule has 0 fully saturated rings. The van der Waals surface area contributed by atoms with Crippen LogP contribution in [0.15, 0.2) is 81.9 Å². The average Bonchev–Trinajstić information content (AvgIpc) is 3.39. The van der Waals surface area contributed by atoms with E-state index in [1.54, 1.807) is 4.90 Å². The molecule has 0 aliphatic heterocycles. The molecule has 146 valence electrons. The quantitative estimate of drug-likeness (QED) is 0.413. The van der Waals surface area contributed by atoms with E-state index in [1.807, 2.05) is 84.4 Å². The first-order valence-electron chi connectivity index (χ1n) is 9.26. The molecule has 0 unspecified atom stereocenters. The summed E-state index contributed by atoms with van der Waals surface area (Å²) in [7, 11) is 0. The van der Waals surface area contributed by atoms with E-state index in [-0.39, 0.29) is 12.5 Å². The van der Waals surface area contributed by atoms with Gasteiger partial charge in [-0.15, -0.1) is 0 Å². The van der Waals surface area contributed by atoms with Crippen molar-refractivity contribution in [2.45, 2.75) is 13.5 Å². The van der Waals surface area contributed by atoms with Crippen molar-refractivity contribution in [3.8, 4) is 23.0 Å². The predicted octanol–water partition coefficient (Wildman–Crippen LogP) is 5.02. The van der Waals surface area contributed by atoms with Crippen molar-refractivity contribution in [2.75, 3.05) is 11.4 Å². The Hall–Kier alpha value is -3.19. The van der Waals surface area contributed by atoms with Gasteiger partial charge >= 0.3 is 0 Å². The molecule has 4 rings (SSSR count). The summed E-state index contributed by atoms with van der Waals surface area (Å²) < 4.78 is 8.28. The summed E-state index contributed by atoms with van der Waals surface area (Å²) in [5.74, 6) is 0.873. The first kappa shape index (κ1) is 19.1. The number of aromatic nitrogens is 3. The summed E-state index contributed by atoms with van der Waals surface area (Å²) in [6, 6.07) is 21.1. The van der Waals surface area contributed by atoms with Crippen LogP contribution in [0.3, 0.4) is 0 Å². The van der Waals surface area contributed by atoms with Crippen LogP contribution in [0.1, 0.15) is 6.92 Å². The SMILES string of the molecule is CCN(C(=O)Cn1cccc1-c1nc(-c2ccc(Br)cc2)no1)c1ccccc1. The molecule has 0 atom stereocenters. The number of amides is 1. The molecule has 0 aliphatic rings. The topological polar surface area (TPSA) is 64.2 Å². The monoisotopic (exact) mass is 450 g/mol. The van der Waals surface area contributed by atoms with E-state index in [4.69, 9.17) is 4.52 Å². The average molecular weight is 451 g/mol. The second-order valence-electron chi connectivity index (χ2n) is 6.42. The highest BCUT2D eigenvalue weighted by atomic mass is 79.9. The van der Waals surface area contributed by atoms with Crippen LogP contribution in [0.4, 0.5) is 5.69 Å². The maximum atomic E-state index is 12.9. The summed E-state index contributed by atoms with van der Waals surface area (Å²) in [6.07, 6.45) is 1.84. The number of hydrogen-bond acceptors (Lipinski definition) is 4. The Bertz CT molecular complexity index is 1100. The predicted molar refractivity (Wildman–Crippen MR) is 115 cm³/mol. The molecule has 0 aliphatic carbocycles. The molecule has 6 nitrogen and oxygen atoms in total. The molecule has 2 aromatic heterocycles. The van der Waals surface area contributed by atoms with Crippen LogP contribution < -0.4 is 4.90 Å². The van der Waals surface area contributed by atoms with Crippen molar-refractivity contribution in [1.29, 1.82) is 0 Å². The van der Waals surface area contributed by atoms with E-state index in [1.165, 1.54) is 0 Å². The minimum atomic E-state index is -0.0104. The molecule has 2 aromatic carbocycles. The lowest BCUT2D eigenvalue weighted by Gasteiger charge is -2.21. The second-order valence-corrected chi connectivity index (χ2v) is 7.34. The van der Waals surface area contributed by atoms with Crippen LogP contribution >= 0.6 is 15.9 Å². The molecule has 29 heavy (non-hydrogen) atoms. The summed E-state index contributed by atoms with van der Waals surface area (Å²) in [6.45, 7) is 2.73. The van der Waals surface area contributed by atoms with Gasteiger partial charge in [-0.3, -0.25) is 4.79 Å². The number of rotatable bonds is 6. The molecular weight excluding hydrogens is 432 g/mol. The van der Waals surface area contributed by atoms with E-state index in [9.17, 15) is 4.79 Å². The molecule has 0 spiro atoms. The van der Waals surface area contributed by atoms with Crippen LogP contribution in [-0.2, 0) is 11.3 Å². The van der Waals surface area contributed by atoms with Crippen molar-refractivity contribution < 1.29 is 9.32 Å². The summed E-state index contributed by atoms with van der Waals surface area (Å²) in [4.78, 5) is 19.2. The number of hydrogen-bond donors (Lipinski definition) is 0. The van der Waals surface area contributed by atoms with Crippen LogP contribution in [0.2, 0.25) is 0 Å². The van der Waals surface area contributed by atoms with E-state index in [2.05, 4.69) is 26.1 Å². The molecule has 0 radical (unpaired) electrons. The molecule has 2 heterocycles. The minimum absolute atomic E-state index is 0.0104. The molecule has 0 bridgehead atoms. The Kier molecular flexibility index (Phi) is 5.57. The van der Waals surface area contributed by atoms with E-state index < -0.39 is 0 Å². The lowest BCUT2D eigenvalue weighted by Crippen LogP contribution is -2.33. The molecule has 0 N–H and O–H groups in total. The number of nitrogens with zero attached hydrogens (tertiary/aromatic N) is 4. The fraction of sp³-hybridized carbons (Fsp3) is 0.136. The maximum Gasteiger partial charge on any atom is 0.274 e. The Balaban J connectivity index is 1.56. The van der Waals surface area contributed by atoms with Crippen molar-refractivity contribution in [1.82, 2.24) is 14.7 Å². The Morgan fingerprint density at radius 3 is 2.55 bits per heavy atom. The molecule has 0 saturated heterocycles. The van der Waals surface area contributed by atoms with Gasteiger partial charge in [-0.1, -0.05) is 39.3 Å². The van der Waals surface area contributed by atoms with Gasteiger partial charge in [0.2, 0.25) is 11.7 Å². The number of para-hydroxylation sites is 1. The molecular formula is C22H19BrN4O2. The van der Waals surface area contributed by atoms with Crippen molar-refractivity contribution in [3.63, 3.8) is 0 Å². The smallest absolute Gasteiger partial charge is 0.274 e. The van der Waals surface area contributed by atoms with Gasteiger partial charge in [0, 0.05) is 28.5 Å². The maximum absolute atomic E-state index is 12.9. The third-order valence-electron chi connectivity index (χ3n) is 4.57. The molecule has 1 amide bonds. The zero-order valence-electron chi connectivity index (χ0n) is 15.8. The first-order chi connectivity index (χ1) is 14.2. The van der Waals surface area contributed by atoms with Crippen molar-refractivity contribution >= 4 is 27.5 Å². The van der Waals surface area contributed by atoms with E-state index >= 15 is 0 Å². The van der Waals surface area contributed by atoms with E-state index in [0.717, 1.165) is 15.7 Å². The van der Waals surface area contributed by atoms with Crippen molar-refractivity contribution in [3.05, 3.63) is 77.4 Å². The first-order valence-corrected chi connectivity index (χ1v) is 10.1. The molecule has 7 heteroatoms. The van der Waals surface area contributed by atoms with Crippen LogP contribution in [-0.4, -0.2) is 27.2 Å². The number of likely N-dealkylation sites (N-methyl/N-ethyl adjacent to an activating group) is 1. The standard InChI is InChI=1S/C22H19BrN4O2/c1-2-27(18-7-4-3-5-8-18)20(28)15-26-14-6-9-19(26)22-24-21(25-29-22)16-10-12-17(23)13-11-16/h3-14H,2,15H2,1H3. The fourth-order valence-electron chi connectivity index (χ4n) is 3.13. The lowest BCUT2D eigenvalue weighted by molar-refractivity contribution is -0.119. The van der Waals surface area contributed by atoms with Gasteiger partial charge in [-0.05, 0) is 55.5 Å². The Labute approximate surface area is 176 Å². The highest BCUT2D eigenvalue weighted by Gasteiger charge is 2.18. The number of carbonyl (C=O) groups is 1. The van der Waals surface area contributed by atoms with Crippen LogP contribution in [0, 0.1) is 0 Å². The fourth-order valence-corrected chi connectivity index (χ4v) is 3.40. The largest absolute Gasteiger partial charge is 0.334 e. The minimum Gasteiger partial charge on any atom is -0.334 e.